The van der Waals surface area contributed by atoms with Gasteiger partial charge < -0.3 is 10.4 Å². The van der Waals surface area contributed by atoms with Crippen molar-refractivity contribution in [1.82, 2.24) is 10.2 Å². The quantitative estimate of drug-likeness (QED) is 0.803. The molecule has 1 amide bonds. The van der Waals surface area contributed by atoms with Crippen LogP contribution in [-0.2, 0) is 11.2 Å². The van der Waals surface area contributed by atoms with Crippen molar-refractivity contribution in [2.75, 3.05) is 13.1 Å². The van der Waals surface area contributed by atoms with E-state index in [0.717, 1.165) is 12.1 Å². The van der Waals surface area contributed by atoms with E-state index in [9.17, 15) is 9.90 Å². The summed E-state index contributed by atoms with van der Waals surface area (Å²) in [5.74, 6) is 0.184. The highest BCUT2D eigenvalue weighted by atomic mass is 16.3. The smallest absolute Gasteiger partial charge is 0.224 e. The molecule has 0 aliphatic carbocycles. The second kappa shape index (κ2) is 7.90. The summed E-state index contributed by atoms with van der Waals surface area (Å²) in [7, 11) is 0. The minimum absolute atomic E-state index is 0.0111. The number of carbonyl (C=O) groups excluding carboxylic acids is 1. The lowest BCUT2D eigenvalue weighted by Crippen LogP contribution is -2.42. The van der Waals surface area contributed by atoms with Gasteiger partial charge in [0.25, 0.3) is 0 Å². The van der Waals surface area contributed by atoms with Gasteiger partial charge in [-0.3, -0.25) is 9.69 Å². The van der Waals surface area contributed by atoms with Crippen molar-refractivity contribution >= 4 is 5.91 Å². The van der Waals surface area contributed by atoms with Gasteiger partial charge in [0.15, 0.2) is 0 Å². The number of phenols is 1. The summed E-state index contributed by atoms with van der Waals surface area (Å²) in [5, 5.41) is 12.3. The van der Waals surface area contributed by atoms with Crippen molar-refractivity contribution in [3.8, 4) is 5.75 Å². The van der Waals surface area contributed by atoms with Crippen molar-refractivity contribution in [3.63, 3.8) is 0 Å². The molecule has 0 fully saturated rings. The number of hydrogen-bond donors (Lipinski definition) is 2. The molecule has 20 heavy (non-hydrogen) atoms. The van der Waals surface area contributed by atoms with Crippen LogP contribution in [0.1, 0.15) is 33.3 Å². The Labute approximate surface area is 121 Å². The summed E-state index contributed by atoms with van der Waals surface area (Å²) in [6.45, 7) is 10.1. The van der Waals surface area contributed by atoms with E-state index in [0.29, 0.717) is 25.0 Å². The monoisotopic (exact) mass is 278 g/mol. The molecule has 0 aliphatic rings. The third-order valence-corrected chi connectivity index (χ3v) is 3.29. The average molecular weight is 278 g/mol. The first-order valence-electron chi connectivity index (χ1n) is 7.20. The van der Waals surface area contributed by atoms with Crippen LogP contribution in [0.4, 0.5) is 0 Å². The van der Waals surface area contributed by atoms with Gasteiger partial charge in [0.1, 0.15) is 5.75 Å². The van der Waals surface area contributed by atoms with Crippen LogP contribution < -0.4 is 5.32 Å². The molecule has 2 N–H and O–H groups in total. The molecular formula is C16H26N2O2. The van der Waals surface area contributed by atoms with Crippen LogP contribution >= 0.6 is 0 Å². The minimum atomic E-state index is -0.0111. The van der Waals surface area contributed by atoms with E-state index < -0.39 is 0 Å². The maximum absolute atomic E-state index is 11.8. The highest BCUT2D eigenvalue weighted by Gasteiger charge is 2.13. The summed E-state index contributed by atoms with van der Waals surface area (Å²) in [5.41, 5.74) is 0.826. The van der Waals surface area contributed by atoms with E-state index in [1.165, 1.54) is 0 Å². The normalized spacial score (nSPS) is 11.3. The molecule has 0 spiro atoms. The fraction of sp³-hybridized carbons (Fsp3) is 0.562. The first-order chi connectivity index (χ1) is 9.40. The van der Waals surface area contributed by atoms with Gasteiger partial charge in [-0.25, -0.2) is 0 Å². The Balaban J connectivity index is 2.36. The van der Waals surface area contributed by atoms with Gasteiger partial charge in [-0.1, -0.05) is 12.1 Å². The number of benzene rings is 1. The molecule has 112 valence electrons. The number of aromatic hydroxyl groups is 1. The molecular weight excluding hydrogens is 252 g/mol. The molecule has 4 heteroatoms. The SMILES string of the molecule is CC(C)N(CCNC(=O)Cc1cccc(O)c1)C(C)C. The maximum Gasteiger partial charge on any atom is 0.224 e. The molecule has 0 saturated heterocycles. The van der Waals surface area contributed by atoms with Gasteiger partial charge in [0, 0.05) is 25.2 Å². The van der Waals surface area contributed by atoms with Crippen molar-refractivity contribution in [1.29, 1.82) is 0 Å². The van der Waals surface area contributed by atoms with E-state index in [4.69, 9.17) is 0 Å². The zero-order valence-corrected chi connectivity index (χ0v) is 12.9. The Kier molecular flexibility index (Phi) is 6.52. The molecule has 0 aliphatic heterocycles. The van der Waals surface area contributed by atoms with Crippen molar-refractivity contribution in [3.05, 3.63) is 29.8 Å². The van der Waals surface area contributed by atoms with E-state index >= 15 is 0 Å². The average Bonchev–Trinajstić information content (AvgIpc) is 2.33. The zero-order chi connectivity index (χ0) is 15.1. The fourth-order valence-corrected chi connectivity index (χ4v) is 2.35. The number of nitrogens with one attached hydrogen (secondary N) is 1. The lowest BCUT2D eigenvalue weighted by atomic mass is 10.1. The Morgan fingerprint density at radius 3 is 2.45 bits per heavy atom. The second-order valence-corrected chi connectivity index (χ2v) is 5.62. The summed E-state index contributed by atoms with van der Waals surface area (Å²) in [6, 6.07) is 7.75. The van der Waals surface area contributed by atoms with Crippen molar-refractivity contribution in [2.24, 2.45) is 0 Å². The largest absolute Gasteiger partial charge is 0.508 e. The standard InChI is InChI=1S/C16H26N2O2/c1-12(2)18(13(3)4)9-8-17-16(20)11-14-6-5-7-15(19)10-14/h5-7,10,12-13,19H,8-9,11H2,1-4H3,(H,17,20). The molecule has 1 aromatic rings. The first-order valence-corrected chi connectivity index (χ1v) is 7.20. The molecule has 0 unspecified atom stereocenters. The van der Waals surface area contributed by atoms with Crippen LogP contribution in [0, 0.1) is 0 Å². The third-order valence-electron chi connectivity index (χ3n) is 3.29. The van der Waals surface area contributed by atoms with Crippen LogP contribution in [0.5, 0.6) is 5.75 Å². The summed E-state index contributed by atoms with van der Waals surface area (Å²) < 4.78 is 0. The Morgan fingerprint density at radius 1 is 1.25 bits per heavy atom. The van der Waals surface area contributed by atoms with E-state index in [2.05, 4.69) is 37.9 Å². The lowest BCUT2D eigenvalue weighted by molar-refractivity contribution is -0.120. The topological polar surface area (TPSA) is 52.6 Å². The number of nitrogens with zero attached hydrogens (tertiary/aromatic N) is 1. The Hall–Kier alpha value is -1.55. The van der Waals surface area contributed by atoms with Crippen LogP contribution in [0.3, 0.4) is 0 Å². The molecule has 0 atom stereocenters. The van der Waals surface area contributed by atoms with Crippen LogP contribution in [0.2, 0.25) is 0 Å². The molecule has 4 nitrogen and oxygen atoms in total. The zero-order valence-electron chi connectivity index (χ0n) is 12.9. The number of phenolic OH excluding ortho intramolecular Hbond substituents is 1. The van der Waals surface area contributed by atoms with Gasteiger partial charge in [0.05, 0.1) is 6.42 Å². The highest BCUT2D eigenvalue weighted by Crippen LogP contribution is 2.11. The van der Waals surface area contributed by atoms with Gasteiger partial charge in [0.2, 0.25) is 5.91 Å². The van der Waals surface area contributed by atoms with Crippen LogP contribution in [0.25, 0.3) is 0 Å². The molecule has 0 radical (unpaired) electrons. The van der Waals surface area contributed by atoms with Gasteiger partial charge >= 0.3 is 0 Å². The van der Waals surface area contributed by atoms with E-state index in [1.54, 1.807) is 18.2 Å². The lowest BCUT2D eigenvalue weighted by Gasteiger charge is -2.30. The minimum Gasteiger partial charge on any atom is -0.508 e. The molecule has 0 heterocycles. The third kappa shape index (κ3) is 5.61. The molecule has 0 saturated carbocycles. The number of rotatable bonds is 7. The van der Waals surface area contributed by atoms with Crippen molar-refractivity contribution < 1.29 is 9.90 Å². The predicted molar refractivity (Wildman–Crippen MR) is 81.8 cm³/mol. The summed E-state index contributed by atoms with van der Waals surface area (Å²) in [6.07, 6.45) is 0.303. The number of carbonyl (C=O) groups is 1. The maximum atomic E-state index is 11.8. The Bertz CT molecular complexity index is 422. The highest BCUT2D eigenvalue weighted by molar-refractivity contribution is 5.78. The second-order valence-electron chi connectivity index (χ2n) is 5.62. The molecule has 0 aromatic heterocycles. The van der Waals surface area contributed by atoms with Crippen LogP contribution in [-0.4, -0.2) is 41.1 Å². The number of hydrogen-bond acceptors (Lipinski definition) is 3. The van der Waals surface area contributed by atoms with Crippen molar-refractivity contribution in [2.45, 2.75) is 46.2 Å². The van der Waals surface area contributed by atoms with E-state index in [-0.39, 0.29) is 11.7 Å². The van der Waals surface area contributed by atoms with Gasteiger partial charge in [-0.15, -0.1) is 0 Å². The Morgan fingerprint density at radius 2 is 1.90 bits per heavy atom. The molecule has 1 rings (SSSR count). The summed E-state index contributed by atoms with van der Waals surface area (Å²) in [4.78, 5) is 14.2. The molecule has 1 aromatic carbocycles. The number of amides is 1. The fourth-order valence-electron chi connectivity index (χ4n) is 2.35. The van der Waals surface area contributed by atoms with Gasteiger partial charge in [-0.05, 0) is 45.4 Å². The first kappa shape index (κ1) is 16.5. The summed E-state index contributed by atoms with van der Waals surface area (Å²) >= 11 is 0. The molecule has 0 bridgehead atoms. The van der Waals surface area contributed by atoms with Crippen LogP contribution in [0.15, 0.2) is 24.3 Å². The van der Waals surface area contributed by atoms with Gasteiger partial charge in [-0.2, -0.15) is 0 Å². The van der Waals surface area contributed by atoms with E-state index in [1.807, 2.05) is 6.07 Å². The predicted octanol–water partition coefficient (Wildman–Crippen LogP) is 2.17.